The minimum absolute atomic E-state index is 0.00195. The summed E-state index contributed by atoms with van der Waals surface area (Å²) in [6, 6.07) is 24.2. The fourth-order valence-electron chi connectivity index (χ4n) is 2.72. The Labute approximate surface area is 170 Å². The highest BCUT2D eigenvalue weighted by atomic mass is 16.5. The molecule has 1 amide bonds. The molecule has 3 rings (SSSR count). The van der Waals surface area contributed by atoms with Gasteiger partial charge in [0.25, 0.3) is 0 Å². The second kappa shape index (κ2) is 10.1. The van der Waals surface area contributed by atoms with Crippen LogP contribution in [0.15, 0.2) is 78.9 Å². The number of hydrogen-bond acceptors (Lipinski definition) is 4. The number of rotatable bonds is 10. The van der Waals surface area contributed by atoms with E-state index >= 15 is 0 Å². The fourth-order valence-corrected chi connectivity index (χ4v) is 2.72. The Morgan fingerprint density at radius 3 is 1.93 bits per heavy atom. The van der Waals surface area contributed by atoms with Gasteiger partial charge in [-0.25, -0.2) is 0 Å². The summed E-state index contributed by atoms with van der Waals surface area (Å²) < 4.78 is 11.4. The van der Waals surface area contributed by atoms with Crippen LogP contribution in [0.5, 0.6) is 11.5 Å². The van der Waals surface area contributed by atoms with Gasteiger partial charge in [0.15, 0.2) is 12.4 Å². The largest absolute Gasteiger partial charge is 0.489 e. The van der Waals surface area contributed by atoms with Gasteiger partial charge in [0.05, 0.1) is 0 Å². The number of carbonyl (C=O) groups is 2. The van der Waals surface area contributed by atoms with Gasteiger partial charge in [-0.1, -0.05) is 54.6 Å². The van der Waals surface area contributed by atoms with Crippen LogP contribution >= 0.6 is 0 Å². The van der Waals surface area contributed by atoms with Gasteiger partial charge in [-0.3, -0.25) is 9.59 Å². The molecule has 0 bridgehead atoms. The van der Waals surface area contributed by atoms with Crippen molar-refractivity contribution in [2.75, 3.05) is 6.61 Å². The van der Waals surface area contributed by atoms with Crippen LogP contribution in [0, 0.1) is 0 Å². The van der Waals surface area contributed by atoms with E-state index in [0.29, 0.717) is 30.8 Å². The lowest BCUT2D eigenvalue weighted by Crippen LogP contribution is -2.11. The van der Waals surface area contributed by atoms with Gasteiger partial charge in [0.1, 0.15) is 18.1 Å². The van der Waals surface area contributed by atoms with Crippen molar-refractivity contribution >= 4 is 11.7 Å². The Bertz CT molecular complexity index is 935. The fraction of sp³-hybridized carbons (Fsp3) is 0.167. The molecule has 0 saturated heterocycles. The molecule has 5 nitrogen and oxygen atoms in total. The number of Topliss-reactive ketones (excluding diaryl/α,β-unsaturated/α-hetero) is 1. The van der Waals surface area contributed by atoms with E-state index in [1.807, 2.05) is 66.7 Å². The first-order valence-electron chi connectivity index (χ1n) is 9.40. The highest BCUT2D eigenvalue weighted by Gasteiger charge is 2.06. The Morgan fingerprint density at radius 1 is 0.724 bits per heavy atom. The van der Waals surface area contributed by atoms with Crippen molar-refractivity contribution in [1.29, 1.82) is 0 Å². The molecule has 0 saturated carbocycles. The lowest BCUT2D eigenvalue weighted by Gasteiger charge is -2.09. The van der Waals surface area contributed by atoms with Crippen LogP contribution in [0.25, 0.3) is 0 Å². The number of aryl methyl sites for hydroxylation is 1. The average Bonchev–Trinajstić information content (AvgIpc) is 2.76. The first kappa shape index (κ1) is 20.1. The molecule has 3 aromatic rings. The summed E-state index contributed by atoms with van der Waals surface area (Å²) in [6.45, 7) is 0.422. The van der Waals surface area contributed by atoms with E-state index < -0.39 is 0 Å². The van der Waals surface area contributed by atoms with Gasteiger partial charge in [0.2, 0.25) is 5.91 Å². The number of primary amides is 1. The van der Waals surface area contributed by atoms with Crippen molar-refractivity contribution in [2.24, 2.45) is 5.73 Å². The molecule has 0 aliphatic carbocycles. The summed E-state index contributed by atoms with van der Waals surface area (Å²) in [6.07, 6.45) is 0.968. The number of nitrogens with two attached hydrogens (primary N) is 1. The van der Waals surface area contributed by atoms with Crippen LogP contribution in [0.1, 0.15) is 27.9 Å². The Morgan fingerprint density at radius 2 is 1.31 bits per heavy atom. The second-order valence-electron chi connectivity index (χ2n) is 6.62. The molecule has 0 aliphatic rings. The lowest BCUT2D eigenvalue weighted by atomic mass is 10.1. The Kier molecular flexibility index (Phi) is 7.00. The van der Waals surface area contributed by atoms with Crippen molar-refractivity contribution in [1.82, 2.24) is 0 Å². The van der Waals surface area contributed by atoms with Gasteiger partial charge in [0, 0.05) is 12.0 Å². The molecule has 148 valence electrons. The predicted molar refractivity (Wildman–Crippen MR) is 111 cm³/mol. The number of ketones is 1. The minimum atomic E-state index is -0.304. The molecule has 0 spiro atoms. The zero-order valence-electron chi connectivity index (χ0n) is 16.0. The van der Waals surface area contributed by atoms with Gasteiger partial charge in [-0.05, 0) is 41.8 Å². The summed E-state index contributed by atoms with van der Waals surface area (Å²) in [5.41, 5.74) is 7.84. The molecule has 0 radical (unpaired) electrons. The van der Waals surface area contributed by atoms with E-state index in [-0.39, 0.29) is 18.3 Å². The zero-order valence-corrected chi connectivity index (χ0v) is 16.0. The Balaban J connectivity index is 1.45. The maximum atomic E-state index is 12.1. The summed E-state index contributed by atoms with van der Waals surface area (Å²) in [4.78, 5) is 22.9. The van der Waals surface area contributed by atoms with Crippen molar-refractivity contribution in [3.63, 3.8) is 0 Å². The molecule has 0 atom stereocenters. The van der Waals surface area contributed by atoms with Crippen LogP contribution in [0.4, 0.5) is 0 Å². The third-order valence-corrected chi connectivity index (χ3v) is 4.38. The number of amides is 1. The molecule has 2 N–H and O–H groups in total. The third kappa shape index (κ3) is 6.50. The molecule has 0 unspecified atom stereocenters. The van der Waals surface area contributed by atoms with E-state index in [9.17, 15) is 9.59 Å². The maximum Gasteiger partial charge on any atom is 0.217 e. The smallest absolute Gasteiger partial charge is 0.217 e. The van der Waals surface area contributed by atoms with E-state index in [0.717, 1.165) is 16.9 Å². The normalized spacial score (nSPS) is 10.3. The molecule has 3 aromatic carbocycles. The molecule has 5 heteroatoms. The van der Waals surface area contributed by atoms with Crippen molar-refractivity contribution < 1.29 is 19.1 Å². The number of carbonyl (C=O) groups excluding carboxylic acids is 2. The van der Waals surface area contributed by atoms with E-state index in [2.05, 4.69) is 0 Å². The molecule has 0 heterocycles. The predicted octanol–water partition coefficient (Wildman–Crippen LogP) is 3.95. The van der Waals surface area contributed by atoms with Crippen molar-refractivity contribution in [3.8, 4) is 11.5 Å². The summed E-state index contributed by atoms with van der Waals surface area (Å²) >= 11 is 0. The van der Waals surface area contributed by atoms with Crippen LogP contribution in [-0.4, -0.2) is 18.3 Å². The number of ether oxygens (including phenoxy) is 2. The van der Waals surface area contributed by atoms with Crippen LogP contribution in [0.3, 0.4) is 0 Å². The maximum absolute atomic E-state index is 12.1. The zero-order chi connectivity index (χ0) is 20.5. The van der Waals surface area contributed by atoms with Crippen molar-refractivity contribution in [3.05, 3.63) is 95.6 Å². The van der Waals surface area contributed by atoms with Crippen LogP contribution < -0.4 is 15.2 Å². The van der Waals surface area contributed by atoms with Gasteiger partial charge >= 0.3 is 0 Å². The molecule has 29 heavy (non-hydrogen) atoms. The average molecular weight is 389 g/mol. The number of hydrogen-bond donors (Lipinski definition) is 1. The number of benzene rings is 3. The first-order chi connectivity index (χ1) is 14.1. The SMILES string of the molecule is NC(=O)CCc1ccc(OCc2ccc(OCC(=O)c3ccccc3)cc2)cc1. The topological polar surface area (TPSA) is 78.6 Å². The van der Waals surface area contributed by atoms with E-state index in [1.54, 1.807) is 12.1 Å². The Hall–Kier alpha value is -3.60. The quantitative estimate of drug-likeness (QED) is 0.533. The summed E-state index contributed by atoms with van der Waals surface area (Å²) in [5, 5.41) is 0. The third-order valence-electron chi connectivity index (χ3n) is 4.38. The van der Waals surface area contributed by atoms with Gasteiger partial charge in [-0.2, -0.15) is 0 Å². The second-order valence-corrected chi connectivity index (χ2v) is 6.62. The molecule has 0 fully saturated rings. The molecule has 0 aromatic heterocycles. The van der Waals surface area contributed by atoms with Gasteiger partial charge in [-0.15, -0.1) is 0 Å². The molecular weight excluding hydrogens is 366 g/mol. The van der Waals surface area contributed by atoms with Crippen LogP contribution in [-0.2, 0) is 17.8 Å². The standard InChI is InChI=1S/C24H23NO4/c25-24(27)15-10-18-6-11-21(12-7-18)28-16-19-8-13-22(14-9-19)29-17-23(26)20-4-2-1-3-5-20/h1-9,11-14H,10,15-17H2,(H2,25,27). The lowest BCUT2D eigenvalue weighted by molar-refractivity contribution is -0.117. The minimum Gasteiger partial charge on any atom is -0.489 e. The monoisotopic (exact) mass is 389 g/mol. The summed E-state index contributed by atoms with van der Waals surface area (Å²) in [5.74, 6) is 1.03. The molecule has 0 aliphatic heterocycles. The van der Waals surface area contributed by atoms with Gasteiger partial charge < -0.3 is 15.2 Å². The van der Waals surface area contributed by atoms with E-state index in [4.69, 9.17) is 15.2 Å². The highest BCUT2D eigenvalue weighted by Crippen LogP contribution is 2.17. The highest BCUT2D eigenvalue weighted by molar-refractivity contribution is 5.97. The van der Waals surface area contributed by atoms with Crippen molar-refractivity contribution in [2.45, 2.75) is 19.4 Å². The molecular formula is C24H23NO4. The summed E-state index contributed by atoms with van der Waals surface area (Å²) in [7, 11) is 0. The van der Waals surface area contributed by atoms with Crippen LogP contribution in [0.2, 0.25) is 0 Å². The van der Waals surface area contributed by atoms with E-state index in [1.165, 1.54) is 0 Å². The first-order valence-corrected chi connectivity index (χ1v) is 9.40.